The number of rotatable bonds is 10. The van der Waals surface area contributed by atoms with Crippen LogP contribution in [0.15, 0.2) is 32.6 Å². The Hall–Kier alpha value is -2.89. The van der Waals surface area contributed by atoms with Crippen LogP contribution in [0, 0.1) is 0 Å². The summed E-state index contributed by atoms with van der Waals surface area (Å²) in [6.45, 7) is 1.12. The smallest absolute Gasteiger partial charge is 0.263 e. The zero-order chi connectivity index (χ0) is 24.4. The van der Waals surface area contributed by atoms with Crippen LogP contribution in [0.25, 0.3) is 21.7 Å². The Morgan fingerprint density at radius 2 is 2.00 bits per heavy atom. The Kier molecular flexibility index (Phi) is 7.07. The highest BCUT2D eigenvalue weighted by Crippen LogP contribution is 2.36. The number of aryl methyl sites for hydroxylation is 2. The molecule has 1 aromatic carbocycles. The third-order valence-electron chi connectivity index (χ3n) is 5.94. The predicted octanol–water partition coefficient (Wildman–Crippen LogP) is 4.34. The molecule has 3 aromatic heterocycles. The standard InChI is InChI=1S/C24H26N4O5S2/c1-30-11-5-10-28-23(29)20-15-6-4-7-18(15)35-22(20)25-24(28)34-13-19-26-27-21(33-19)14-8-9-16(31-2)17(12-14)32-3/h8-9,12H,4-7,10-11,13H2,1-3H3. The summed E-state index contributed by atoms with van der Waals surface area (Å²) in [5, 5.41) is 9.82. The van der Waals surface area contributed by atoms with Crippen LogP contribution in [0.1, 0.15) is 29.2 Å². The normalized spacial score (nSPS) is 12.9. The number of hydrogen-bond donors (Lipinski definition) is 0. The van der Waals surface area contributed by atoms with Gasteiger partial charge in [0.15, 0.2) is 16.7 Å². The maximum Gasteiger partial charge on any atom is 0.263 e. The molecule has 0 bridgehead atoms. The number of methoxy groups -OCH3 is 3. The van der Waals surface area contributed by atoms with Gasteiger partial charge in [-0.1, -0.05) is 11.8 Å². The van der Waals surface area contributed by atoms with E-state index in [1.54, 1.807) is 49.4 Å². The first-order valence-electron chi connectivity index (χ1n) is 11.3. The first kappa shape index (κ1) is 23.8. The first-order valence-corrected chi connectivity index (χ1v) is 13.1. The number of nitrogens with zero attached hydrogens (tertiary/aromatic N) is 4. The van der Waals surface area contributed by atoms with Crippen molar-refractivity contribution in [2.75, 3.05) is 27.9 Å². The largest absolute Gasteiger partial charge is 0.493 e. The summed E-state index contributed by atoms with van der Waals surface area (Å²) in [6.07, 6.45) is 3.82. The van der Waals surface area contributed by atoms with Crippen LogP contribution in [-0.4, -0.2) is 47.7 Å². The van der Waals surface area contributed by atoms with Gasteiger partial charge in [-0.15, -0.1) is 21.5 Å². The summed E-state index contributed by atoms with van der Waals surface area (Å²) in [5.41, 5.74) is 1.95. The third kappa shape index (κ3) is 4.67. The molecule has 184 valence electrons. The van der Waals surface area contributed by atoms with Gasteiger partial charge in [-0.25, -0.2) is 4.98 Å². The molecule has 11 heteroatoms. The molecular formula is C24H26N4O5S2. The van der Waals surface area contributed by atoms with E-state index in [4.69, 9.17) is 23.6 Å². The Morgan fingerprint density at radius 3 is 2.80 bits per heavy atom. The molecule has 3 heterocycles. The summed E-state index contributed by atoms with van der Waals surface area (Å²) < 4.78 is 23.5. The van der Waals surface area contributed by atoms with Gasteiger partial charge in [0.05, 0.1) is 25.4 Å². The molecule has 1 aliphatic carbocycles. The second-order valence-electron chi connectivity index (χ2n) is 8.09. The fraction of sp³-hybridized carbons (Fsp3) is 0.417. The first-order chi connectivity index (χ1) is 17.1. The van der Waals surface area contributed by atoms with E-state index >= 15 is 0 Å². The van der Waals surface area contributed by atoms with Crippen molar-refractivity contribution in [1.82, 2.24) is 19.7 Å². The molecule has 0 unspecified atom stereocenters. The number of benzene rings is 1. The van der Waals surface area contributed by atoms with Crippen molar-refractivity contribution in [1.29, 1.82) is 0 Å². The van der Waals surface area contributed by atoms with Gasteiger partial charge >= 0.3 is 0 Å². The van der Waals surface area contributed by atoms with Crippen LogP contribution >= 0.6 is 23.1 Å². The molecular weight excluding hydrogens is 488 g/mol. The predicted molar refractivity (Wildman–Crippen MR) is 135 cm³/mol. The molecule has 0 saturated carbocycles. The lowest BCUT2D eigenvalue weighted by molar-refractivity contribution is 0.189. The van der Waals surface area contributed by atoms with Crippen molar-refractivity contribution in [2.45, 2.75) is 43.1 Å². The van der Waals surface area contributed by atoms with Gasteiger partial charge in [0.25, 0.3) is 5.56 Å². The van der Waals surface area contributed by atoms with Gasteiger partial charge in [-0.2, -0.15) is 0 Å². The molecule has 0 amide bonds. The molecule has 9 nitrogen and oxygen atoms in total. The highest BCUT2D eigenvalue weighted by atomic mass is 32.2. The molecule has 0 aliphatic heterocycles. The minimum atomic E-state index is 0.0320. The summed E-state index contributed by atoms with van der Waals surface area (Å²) in [4.78, 5) is 20.5. The van der Waals surface area contributed by atoms with E-state index in [1.165, 1.54) is 22.2 Å². The highest BCUT2D eigenvalue weighted by molar-refractivity contribution is 7.98. The fourth-order valence-electron chi connectivity index (χ4n) is 4.26. The molecule has 35 heavy (non-hydrogen) atoms. The summed E-state index contributed by atoms with van der Waals surface area (Å²) in [6, 6.07) is 5.43. The van der Waals surface area contributed by atoms with E-state index in [-0.39, 0.29) is 5.56 Å². The van der Waals surface area contributed by atoms with Crippen molar-refractivity contribution in [2.24, 2.45) is 0 Å². The number of fused-ring (bicyclic) bond motifs is 3. The molecule has 0 fully saturated rings. The average Bonchev–Trinajstić information content (AvgIpc) is 3.60. The minimum absolute atomic E-state index is 0.0320. The Labute approximate surface area is 210 Å². The molecule has 0 atom stereocenters. The van der Waals surface area contributed by atoms with E-state index in [0.29, 0.717) is 47.3 Å². The number of aromatic nitrogens is 4. The lowest BCUT2D eigenvalue weighted by Gasteiger charge is -2.11. The topological polar surface area (TPSA) is 102 Å². The monoisotopic (exact) mass is 514 g/mol. The Bertz CT molecular complexity index is 1410. The zero-order valence-electron chi connectivity index (χ0n) is 19.8. The molecule has 1 aliphatic rings. The van der Waals surface area contributed by atoms with Crippen molar-refractivity contribution in [3.05, 3.63) is 44.9 Å². The van der Waals surface area contributed by atoms with Crippen molar-refractivity contribution < 1.29 is 18.6 Å². The second-order valence-corrected chi connectivity index (χ2v) is 10.1. The maximum absolute atomic E-state index is 13.5. The Balaban J connectivity index is 1.40. The van der Waals surface area contributed by atoms with E-state index in [1.807, 2.05) is 6.07 Å². The van der Waals surface area contributed by atoms with Crippen molar-refractivity contribution in [3.8, 4) is 23.0 Å². The molecule has 4 aromatic rings. The summed E-state index contributed by atoms with van der Waals surface area (Å²) in [7, 11) is 4.83. The lowest BCUT2D eigenvalue weighted by Crippen LogP contribution is -2.24. The van der Waals surface area contributed by atoms with Crippen molar-refractivity contribution in [3.63, 3.8) is 0 Å². The van der Waals surface area contributed by atoms with Gasteiger partial charge in [-0.05, 0) is 49.4 Å². The van der Waals surface area contributed by atoms with Crippen LogP contribution in [0.3, 0.4) is 0 Å². The summed E-state index contributed by atoms with van der Waals surface area (Å²) >= 11 is 3.07. The van der Waals surface area contributed by atoms with Gasteiger partial charge in [-0.3, -0.25) is 9.36 Å². The molecule has 0 saturated heterocycles. The summed E-state index contributed by atoms with van der Waals surface area (Å²) in [5.74, 6) is 2.44. The van der Waals surface area contributed by atoms with Crippen LogP contribution in [-0.2, 0) is 29.9 Å². The SMILES string of the molecule is COCCCn1c(SCc2nnc(-c3ccc(OC)c(OC)c3)o2)nc2sc3c(c2c1=O)CCC3. The molecule has 0 spiro atoms. The lowest BCUT2D eigenvalue weighted by atomic mass is 10.2. The fourth-order valence-corrected chi connectivity index (χ4v) is 6.42. The minimum Gasteiger partial charge on any atom is -0.493 e. The van der Waals surface area contributed by atoms with Crippen LogP contribution in [0.5, 0.6) is 11.5 Å². The zero-order valence-corrected chi connectivity index (χ0v) is 21.5. The van der Waals surface area contributed by atoms with E-state index in [0.717, 1.165) is 41.5 Å². The van der Waals surface area contributed by atoms with Gasteiger partial charge in [0.2, 0.25) is 11.8 Å². The Morgan fingerprint density at radius 1 is 1.14 bits per heavy atom. The number of thioether (sulfide) groups is 1. The van der Waals surface area contributed by atoms with Crippen LogP contribution < -0.4 is 15.0 Å². The second kappa shape index (κ2) is 10.4. The highest BCUT2D eigenvalue weighted by Gasteiger charge is 2.23. The quantitative estimate of drug-likeness (QED) is 0.174. The molecule has 0 radical (unpaired) electrons. The van der Waals surface area contributed by atoms with Crippen molar-refractivity contribution >= 4 is 33.3 Å². The molecule has 5 rings (SSSR count). The van der Waals surface area contributed by atoms with E-state index in [9.17, 15) is 4.79 Å². The van der Waals surface area contributed by atoms with E-state index < -0.39 is 0 Å². The van der Waals surface area contributed by atoms with Gasteiger partial charge in [0, 0.05) is 30.7 Å². The third-order valence-corrected chi connectivity index (χ3v) is 8.09. The number of hydrogen-bond acceptors (Lipinski definition) is 10. The van der Waals surface area contributed by atoms with E-state index in [2.05, 4.69) is 10.2 Å². The molecule has 0 N–H and O–H groups in total. The number of ether oxygens (including phenoxy) is 3. The maximum atomic E-state index is 13.5. The number of thiophene rings is 1. The average molecular weight is 515 g/mol. The van der Waals surface area contributed by atoms with Crippen LogP contribution in [0.4, 0.5) is 0 Å². The van der Waals surface area contributed by atoms with Gasteiger partial charge < -0.3 is 18.6 Å². The van der Waals surface area contributed by atoms with Gasteiger partial charge in [0.1, 0.15) is 4.83 Å². The van der Waals surface area contributed by atoms with Crippen LogP contribution in [0.2, 0.25) is 0 Å².